The van der Waals surface area contributed by atoms with Crippen LogP contribution in [0.3, 0.4) is 0 Å². The monoisotopic (exact) mass is 339 g/mol. The van der Waals surface area contributed by atoms with Gasteiger partial charge in [0, 0.05) is 16.4 Å². The maximum atomic E-state index is 12.0. The highest BCUT2D eigenvalue weighted by Gasteiger charge is 2.20. The molecular weight excluding hydrogens is 326 g/mol. The largest absolute Gasteiger partial charge is 0.240 e. The van der Waals surface area contributed by atoms with Gasteiger partial charge in [-0.05, 0) is 37.1 Å². The summed E-state index contributed by atoms with van der Waals surface area (Å²) < 4.78 is 27.5. The van der Waals surface area contributed by atoms with E-state index in [2.05, 4.69) is 20.7 Å². The van der Waals surface area contributed by atoms with E-state index in [0.717, 1.165) is 4.47 Å². The van der Waals surface area contributed by atoms with Crippen LogP contribution < -0.4 is 4.72 Å². The third-order valence-electron chi connectivity index (χ3n) is 2.56. The Bertz CT molecular complexity index is 461. The molecule has 0 saturated heterocycles. The van der Waals surface area contributed by atoms with Crippen LogP contribution in [0.25, 0.3) is 0 Å². The van der Waals surface area contributed by atoms with Gasteiger partial charge in [-0.3, -0.25) is 0 Å². The van der Waals surface area contributed by atoms with Gasteiger partial charge in [0.1, 0.15) is 0 Å². The Morgan fingerprint density at radius 3 is 2.29 bits per heavy atom. The topological polar surface area (TPSA) is 46.2 Å². The van der Waals surface area contributed by atoms with E-state index in [0.29, 0.717) is 5.88 Å². The van der Waals surface area contributed by atoms with Crippen LogP contribution in [0.2, 0.25) is 0 Å². The molecule has 0 saturated carbocycles. The number of sulfonamides is 1. The van der Waals surface area contributed by atoms with Gasteiger partial charge in [-0.15, -0.1) is 11.6 Å². The minimum Gasteiger partial charge on any atom is -0.208 e. The van der Waals surface area contributed by atoms with Crippen LogP contribution in [-0.4, -0.2) is 20.3 Å². The fourth-order valence-electron chi connectivity index (χ4n) is 1.18. The Balaban J connectivity index is 2.85. The minimum atomic E-state index is -3.46. The van der Waals surface area contributed by atoms with E-state index >= 15 is 0 Å². The lowest BCUT2D eigenvalue weighted by Crippen LogP contribution is -2.37. The van der Waals surface area contributed by atoms with Crippen molar-refractivity contribution >= 4 is 37.6 Å². The van der Waals surface area contributed by atoms with E-state index in [9.17, 15) is 8.42 Å². The highest BCUT2D eigenvalue weighted by atomic mass is 79.9. The number of hydrogen-bond acceptors (Lipinski definition) is 2. The van der Waals surface area contributed by atoms with E-state index in [1.807, 2.05) is 13.8 Å². The first-order valence-corrected chi connectivity index (χ1v) is 8.01. The fourth-order valence-corrected chi connectivity index (χ4v) is 3.06. The predicted octanol–water partition coefficient (Wildman–Crippen LogP) is 2.99. The zero-order chi connectivity index (χ0) is 13.1. The summed E-state index contributed by atoms with van der Waals surface area (Å²) in [5, 5.41) is 0. The van der Waals surface area contributed by atoms with Crippen molar-refractivity contribution in [3.63, 3.8) is 0 Å². The van der Waals surface area contributed by atoms with Crippen LogP contribution in [0.1, 0.15) is 13.8 Å². The molecule has 0 fully saturated rings. The summed E-state index contributed by atoms with van der Waals surface area (Å²) in [4.78, 5) is 0.259. The SMILES string of the molecule is CC(CCl)C(C)NS(=O)(=O)c1ccc(Br)cc1. The fraction of sp³-hybridized carbons (Fsp3) is 0.455. The zero-order valence-corrected chi connectivity index (χ0v) is 12.8. The highest BCUT2D eigenvalue weighted by Crippen LogP contribution is 2.16. The lowest BCUT2D eigenvalue weighted by atomic mass is 10.1. The van der Waals surface area contributed by atoms with Crippen LogP contribution in [0.5, 0.6) is 0 Å². The average Bonchev–Trinajstić information content (AvgIpc) is 2.27. The highest BCUT2D eigenvalue weighted by molar-refractivity contribution is 9.10. The molecule has 0 spiro atoms. The molecule has 0 amide bonds. The number of alkyl halides is 1. The minimum absolute atomic E-state index is 0.0851. The smallest absolute Gasteiger partial charge is 0.208 e. The molecule has 2 atom stereocenters. The van der Waals surface area contributed by atoms with E-state index < -0.39 is 10.0 Å². The van der Waals surface area contributed by atoms with Crippen LogP contribution in [0, 0.1) is 5.92 Å². The predicted molar refractivity (Wildman–Crippen MR) is 73.8 cm³/mol. The molecule has 0 aliphatic rings. The van der Waals surface area contributed by atoms with Crippen molar-refractivity contribution in [2.75, 3.05) is 5.88 Å². The standard InChI is InChI=1S/C11H15BrClNO2S/c1-8(7-13)9(2)14-17(15,16)11-5-3-10(12)4-6-11/h3-6,8-9,14H,7H2,1-2H3. The second-order valence-electron chi connectivity index (χ2n) is 4.00. The number of hydrogen-bond donors (Lipinski definition) is 1. The third-order valence-corrected chi connectivity index (χ3v) is 5.15. The molecule has 1 N–H and O–H groups in total. The van der Waals surface area contributed by atoms with Gasteiger partial charge in [0.05, 0.1) is 4.90 Å². The summed E-state index contributed by atoms with van der Waals surface area (Å²) in [7, 11) is -3.46. The molecule has 0 aliphatic heterocycles. The summed E-state index contributed by atoms with van der Waals surface area (Å²) in [6.07, 6.45) is 0. The number of rotatable bonds is 5. The molecule has 0 radical (unpaired) electrons. The van der Waals surface area contributed by atoms with Crippen molar-refractivity contribution < 1.29 is 8.42 Å². The van der Waals surface area contributed by atoms with Crippen LogP contribution in [0.4, 0.5) is 0 Å². The Labute approximate surface area is 116 Å². The maximum absolute atomic E-state index is 12.0. The lowest BCUT2D eigenvalue weighted by Gasteiger charge is -2.19. The van der Waals surface area contributed by atoms with E-state index in [1.54, 1.807) is 24.3 Å². The van der Waals surface area contributed by atoms with Crippen LogP contribution in [0.15, 0.2) is 33.6 Å². The van der Waals surface area contributed by atoms with Crippen molar-refractivity contribution in [3.8, 4) is 0 Å². The van der Waals surface area contributed by atoms with Gasteiger partial charge in [0.2, 0.25) is 10.0 Å². The molecule has 17 heavy (non-hydrogen) atoms. The first kappa shape index (κ1) is 15.0. The average molecular weight is 341 g/mol. The van der Waals surface area contributed by atoms with Gasteiger partial charge in [0.25, 0.3) is 0 Å². The first-order valence-electron chi connectivity index (χ1n) is 5.20. The van der Waals surface area contributed by atoms with Gasteiger partial charge in [0.15, 0.2) is 0 Å². The summed E-state index contributed by atoms with van der Waals surface area (Å²) in [5.74, 6) is 0.506. The van der Waals surface area contributed by atoms with Crippen molar-refractivity contribution in [2.24, 2.45) is 5.92 Å². The van der Waals surface area contributed by atoms with Crippen molar-refractivity contribution in [1.82, 2.24) is 4.72 Å². The van der Waals surface area contributed by atoms with Crippen molar-refractivity contribution in [3.05, 3.63) is 28.7 Å². The maximum Gasteiger partial charge on any atom is 0.240 e. The zero-order valence-electron chi connectivity index (χ0n) is 9.65. The van der Waals surface area contributed by atoms with Gasteiger partial charge in [-0.1, -0.05) is 22.9 Å². The van der Waals surface area contributed by atoms with Crippen molar-refractivity contribution in [1.29, 1.82) is 0 Å². The number of benzene rings is 1. The second kappa shape index (κ2) is 6.18. The summed E-state index contributed by atoms with van der Waals surface area (Å²) >= 11 is 8.97. The second-order valence-corrected chi connectivity index (χ2v) is 6.93. The van der Waals surface area contributed by atoms with E-state index in [1.165, 1.54) is 0 Å². The lowest BCUT2D eigenvalue weighted by molar-refractivity contribution is 0.480. The molecular formula is C11H15BrClNO2S. The third kappa shape index (κ3) is 4.25. The summed E-state index contributed by atoms with van der Waals surface area (Å²) in [6.45, 7) is 3.71. The molecule has 96 valence electrons. The Kier molecular flexibility index (Phi) is 5.44. The summed E-state index contributed by atoms with van der Waals surface area (Å²) in [5.41, 5.74) is 0. The molecule has 6 heteroatoms. The number of nitrogens with one attached hydrogen (secondary N) is 1. The molecule has 0 heterocycles. The molecule has 0 bridgehead atoms. The molecule has 0 aliphatic carbocycles. The van der Waals surface area contributed by atoms with Crippen molar-refractivity contribution in [2.45, 2.75) is 24.8 Å². The van der Waals surface area contributed by atoms with Crippen LogP contribution >= 0.6 is 27.5 Å². The quantitative estimate of drug-likeness (QED) is 0.838. The molecule has 0 aromatic heterocycles. The Morgan fingerprint density at radius 2 is 1.82 bits per heavy atom. The molecule has 1 aromatic carbocycles. The Morgan fingerprint density at radius 1 is 1.29 bits per heavy atom. The van der Waals surface area contributed by atoms with E-state index in [4.69, 9.17) is 11.6 Å². The molecule has 3 nitrogen and oxygen atoms in total. The Hall–Kier alpha value is -0.100. The van der Waals surface area contributed by atoms with Crippen LogP contribution in [-0.2, 0) is 10.0 Å². The molecule has 1 aromatic rings. The van der Waals surface area contributed by atoms with Gasteiger partial charge in [-0.2, -0.15) is 0 Å². The van der Waals surface area contributed by atoms with Gasteiger partial charge >= 0.3 is 0 Å². The summed E-state index contributed by atoms with van der Waals surface area (Å²) in [6, 6.07) is 6.32. The van der Waals surface area contributed by atoms with Gasteiger partial charge < -0.3 is 0 Å². The molecule has 2 unspecified atom stereocenters. The number of halogens is 2. The van der Waals surface area contributed by atoms with E-state index in [-0.39, 0.29) is 16.9 Å². The molecule has 1 rings (SSSR count). The normalized spacial score (nSPS) is 15.5. The van der Waals surface area contributed by atoms with Gasteiger partial charge in [-0.25, -0.2) is 13.1 Å². The first-order chi connectivity index (χ1) is 7.86.